The Hall–Kier alpha value is -4.45. The van der Waals surface area contributed by atoms with E-state index in [0.717, 1.165) is 72.6 Å². The van der Waals surface area contributed by atoms with Crippen LogP contribution >= 0.6 is 0 Å². The number of pyridine rings is 2. The highest BCUT2D eigenvalue weighted by molar-refractivity contribution is 5.93. The van der Waals surface area contributed by atoms with Gasteiger partial charge in [-0.25, -0.2) is 9.50 Å². The molecule has 37 heavy (non-hydrogen) atoms. The molecule has 6 heterocycles. The zero-order valence-electron chi connectivity index (χ0n) is 21.1. The summed E-state index contributed by atoms with van der Waals surface area (Å²) < 4.78 is 3.52. The van der Waals surface area contributed by atoms with Crippen molar-refractivity contribution in [3.8, 4) is 28.3 Å². The molecule has 0 unspecified atom stereocenters. The Bertz CT molecular complexity index is 1560. The Morgan fingerprint density at radius 3 is 2.46 bits per heavy atom. The summed E-state index contributed by atoms with van der Waals surface area (Å²) in [4.78, 5) is 21.2. The summed E-state index contributed by atoms with van der Waals surface area (Å²) in [6.07, 6.45) is 11.3. The van der Waals surface area contributed by atoms with Crippen LogP contribution in [0.2, 0.25) is 0 Å². The van der Waals surface area contributed by atoms with Crippen LogP contribution in [0.3, 0.4) is 0 Å². The monoisotopic (exact) mass is 492 g/mol. The summed E-state index contributed by atoms with van der Waals surface area (Å²) in [6, 6.07) is 8.46. The molecule has 1 amide bonds. The summed E-state index contributed by atoms with van der Waals surface area (Å²) in [5.74, 6) is 1.02. The van der Waals surface area contributed by atoms with Crippen LogP contribution in [0.1, 0.15) is 25.3 Å². The van der Waals surface area contributed by atoms with Crippen molar-refractivity contribution in [2.45, 2.75) is 19.8 Å². The topological polar surface area (TPSA) is 95.4 Å². The number of anilines is 1. The zero-order chi connectivity index (χ0) is 25.7. The fourth-order valence-electron chi connectivity index (χ4n) is 5.59. The van der Waals surface area contributed by atoms with Gasteiger partial charge in [0.15, 0.2) is 0 Å². The van der Waals surface area contributed by atoms with Crippen LogP contribution in [0.5, 0.6) is 0 Å². The quantitative estimate of drug-likeness (QED) is 0.404. The van der Waals surface area contributed by atoms with Crippen molar-refractivity contribution in [3.05, 3.63) is 66.9 Å². The van der Waals surface area contributed by atoms with E-state index in [-0.39, 0.29) is 11.3 Å². The van der Waals surface area contributed by atoms with E-state index in [1.165, 1.54) is 0 Å². The maximum Gasteiger partial charge on any atom is 0.248 e. The lowest BCUT2D eigenvalue weighted by Gasteiger charge is -2.54. The third-order valence-electron chi connectivity index (χ3n) is 7.68. The largest absolute Gasteiger partial charge is 0.357 e. The second-order valence-electron chi connectivity index (χ2n) is 10.3. The van der Waals surface area contributed by atoms with Gasteiger partial charge in [-0.2, -0.15) is 15.5 Å². The molecule has 2 fully saturated rings. The second-order valence-corrected chi connectivity index (χ2v) is 10.3. The van der Waals surface area contributed by atoms with Gasteiger partial charge in [0.05, 0.1) is 23.5 Å². The van der Waals surface area contributed by atoms with Gasteiger partial charge in [0.25, 0.3) is 0 Å². The molecule has 4 aromatic heterocycles. The number of nitriles is 1. The number of rotatable bonds is 4. The van der Waals surface area contributed by atoms with Gasteiger partial charge in [0, 0.05) is 85.1 Å². The van der Waals surface area contributed by atoms with Crippen LogP contribution in [-0.2, 0) is 11.8 Å². The van der Waals surface area contributed by atoms with Crippen LogP contribution in [0.25, 0.3) is 27.8 Å². The first-order valence-corrected chi connectivity index (χ1v) is 12.4. The molecule has 0 atom stereocenters. The van der Waals surface area contributed by atoms with Crippen LogP contribution in [0.15, 0.2) is 61.3 Å². The Morgan fingerprint density at radius 1 is 1.05 bits per heavy atom. The summed E-state index contributed by atoms with van der Waals surface area (Å²) in [5, 5.41) is 18.4. The van der Waals surface area contributed by atoms with E-state index >= 15 is 0 Å². The Balaban J connectivity index is 1.23. The van der Waals surface area contributed by atoms with Crippen molar-refractivity contribution < 1.29 is 4.79 Å². The lowest BCUT2D eigenvalue weighted by atomic mass is 9.72. The fourth-order valence-corrected chi connectivity index (χ4v) is 5.59. The number of nitrogens with zero attached hydrogens (tertiary/aromatic N) is 8. The first-order valence-electron chi connectivity index (χ1n) is 12.4. The maximum atomic E-state index is 12.2. The van der Waals surface area contributed by atoms with E-state index in [4.69, 9.17) is 4.98 Å². The molecule has 0 saturated carbocycles. The first kappa shape index (κ1) is 23.0. The first-order chi connectivity index (χ1) is 17.9. The number of carbonyl (C=O) groups is 1. The third kappa shape index (κ3) is 3.95. The Kier molecular flexibility index (Phi) is 5.33. The van der Waals surface area contributed by atoms with Crippen LogP contribution < -0.4 is 4.90 Å². The second kappa shape index (κ2) is 8.59. The maximum absolute atomic E-state index is 12.2. The molecule has 2 saturated heterocycles. The van der Waals surface area contributed by atoms with E-state index in [2.05, 4.69) is 45.9 Å². The molecule has 6 rings (SSSR count). The van der Waals surface area contributed by atoms with E-state index in [1.807, 2.05) is 36.7 Å². The Morgan fingerprint density at radius 2 is 1.84 bits per heavy atom. The average Bonchev–Trinajstić information content (AvgIpc) is 3.52. The molecule has 0 radical (unpaired) electrons. The predicted molar refractivity (Wildman–Crippen MR) is 141 cm³/mol. The number of likely N-dealkylation sites (tertiary alicyclic amines) is 1. The molecular weight excluding hydrogens is 464 g/mol. The third-order valence-corrected chi connectivity index (χ3v) is 7.68. The van der Waals surface area contributed by atoms with Gasteiger partial charge in [-0.15, -0.1) is 0 Å². The van der Waals surface area contributed by atoms with Crippen molar-refractivity contribution in [2.75, 3.05) is 31.1 Å². The molecule has 2 aliphatic rings. The smallest absolute Gasteiger partial charge is 0.248 e. The van der Waals surface area contributed by atoms with Crippen molar-refractivity contribution in [3.63, 3.8) is 0 Å². The highest BCUT2D eigenvalue weighted by Gasteiger charge is 2.46. The van der Waals surface area contributed by atoms with E-state index in [1.54, 1.807) is 22.3 Å². The van der Waals surface area contributed by atoms with Gasteiger partial charge in [-0.3, -0.25) is 9.48 Å². The lowest BCUT2D eigenvalue weighted by Crippen LogP contribution is -2.62. The number of fused-ring (bicyclic) bond motifs is 1. The normalized spacial score (nSPS) is 16.6. The molecule has 2 aliphatic heterocycles. The number of hydrogen-bond donors (Lipinski definition) is 0. The highest BCUT2D eigenvalue weighted by Crippen LogP contribution is 2.42. The number of carbonyl (C=O) groups excluding carboxylic acids is 1. The number of amides is 1. The van der Waals surface area contributed by atoms with Gasteiger partial charge in [-0.1, -0.05) is 6.58 Å². The number of hydrogen-bond acceptors (Lipinski definition) is 6. The minimum Gasteiger partial charge on any atom is -0.357 e. The average molecular weight is 493 g/mol. The van der Waals surface area contributed by atoms with Gasteiger partial charge in [-0.05, 0) is 38.0 Å². The van der Waals surface area contributed by atoms with Gasteiger partial charge in [0.2, 0.25) is 5.91 Å². The molecule has 0 N–H and O–H groups in total. The molecule has 186 valence electrons. The fraction of sp³-hybridized carbons (Fsp3) is 0.321. The standard InChI is InChI=1S/C28H28N8O/c1-19(2)27(37)35-17-28(18-35)6-8-34(9-7-28)25-5-4-20(12-30-25)24-10-21(23-14-31-33(3)15-23)16-36-26(24)22(11-29)13-32-36/h4-5,10,12-16H,1,6-9,17-18H2,2-3H3. The number of aromatic nitrogens is 5. The molecule has 0 bridgehead atoms. The van der Waals surface area contributed by atoms with Crippen molar-refractivity contribution in [2.24, 2.45) is 12.5 Å². The minimum atomic E-state index is 0.0738. The molecule has 9 nitrogen and oxygen atoms in total. The number of piperidine rings is 1. The van der Waals surface area contributed by atoms with Crippen molar-refractivity contribution in [1.29, 1.82) is 5.26 Å². The predicted octanol–water partition coefficient (Wildman–Crippen LogP) is 3.67. The van der Waals surface area contributed by atoms with Gasteiger partial charge < -0.3 is 9.80 Å². The van der Waals surface area contributed by atoms with E-state index in [0.29, 0.717) is 11.1 Å². The zero-order valence-corrected chi connectivity index (χ0v) is 21.1. The lowest BCUT2D eigenvalue weighted by molar-refractivity contribution is -0.140. The molecule has 9 heteroatoms. The molecule has 4 aromatic rings. The summed E-state index contributed by atoms with van der Waals surface area (Å²) in [7, 11) is 1.89. The van der Waals surface area contributed by atoms with Crippen molar-refractivity contribution >= 4 is 17.2 Å². The summed E-state index contributed by atoms with van der Waals surface area (Å²) >= 11 is 0. The van der Waals surface area contributed by atoms with Crippen LogP contribution in [-0.4, -0.2) is 61.4 Å². The molecule has 0 aliphatic carbocycles. The van der Waals surface area contributed by atoms with E-state index in [9.17, 15) is 10.1 Å². The molecular formula is C28H28N8O. The van der Waals surface area contributed by atoms with Crippen molar-refractivity contribution in [1.82, 2.24) is 29.3 Å². The SMILES string of the molecule is C=C(C)C(=O)N1CC2(CCN(c3ccc(-c4cc(-c5cnn(C)c5)cn5ncc(C#N)c45)cn3)CC2)C1. The molecule has 0 aromatic carbocycles. The highest BCUT2D eigenvalue weighted by atomic mass is 16.2. The van der Waals surface area contributed by atoms with Crippen LogP contribution in [0, 0.1) is 16.7 Å². The molecule has 1 spiro atoms. The summed E-state index contributed by atoms with van der Waals surface area (Å²) in [5.41, 5.74) is 5.91. The van der Waals surface area contributed by atoms with E-state index < -0.39 is 0 Å². The Labute approximate surface area is 215 Å². The van der Waals surface area contributed by atoms with Gasteiger partial charge in [0.1, 0.15) is 11.9 Å². The summed E-state index contributed by atoms with van der Waals surface area (Å²) in [6.45, 7) is 9.06. The van der Waals surface area contributed by atoms with Gasteiger partial charge >= 0.3 is 0 Å². The van der Waals surface area contributed by atoms with Crippen LogP contribution in [0.4, 0.5) is 5.82 Å². The minimum absolute atomic E-state index is 0.0738. The number of aryl methyl sites for hydroxylation is 1.